The molecule has 2 unspecified atom stereocenters. The smallest absolute Gasteiger partial charge is 0.450 e. The lowest BCUT2D eigenvalue weighted by molar-refractivity contribution is -0.0799. The van der Waals surface area contributed by atoms with Gasteiger partial charge in [-0.25, -0.2) is 10.7 Å². The van der Waals surface area contributed by atoms with Gasteiger partial charge in [0.1, 0.15) is 11.7 Å². The second-order valence-electron chi connectivity index (χ2n) is 4.76. The van der Waals surface area contributed by atoms with Crippen LogP contribution in [0.25, 0.3) is 0 Å². The van der Waals surface area contributed by atoms with Crippen molar-refractivity contribution in [2.24, 2.45) is 5.90 Å². The molecule has 0 saturated heterocycles. The molecule has 0 aliphatic heterocycles. The Morgan fingerprint density at radius 1 is 1.50 bits per heavy atom. The van der Waals surface area contributed by atoms with Crippen molar-refractivity contribution in [3.05, 3.63) is 0 Å². The molecule has 9 heteroatoms. The number of carbonyl (C=O) groups is 1. The Kier molecular flexibility index (Phi) is 9.62. The molecule has 20 heavy (non-hydrogen) atoms. The number of hydrogen-bond acceptors (Lipinski definition) is 6. The van der Waals surface area contributed by atoms with Crippen molar-refractivity contribution < 1.29 is 28.4 Å². The standard InChI is InChI=1S/C11H23N2O6P/c1-4-8-17-10(14)13-7-5-6-9(18-12)11(2,3)19-20(15)16/h9H,4-8,12H2,1-3H3,(H-,13,14,15,16)/p+1. The largest absolute Gasteiger partial charge is 0.695 e. The summed E-state index contributed by atoms with van der Waals surface area (Å²) >= 11 is 0. The fraction of sp³-hybridized carbons (Fsp3) is 0.909. The topological polar surface area (TPSA) is 120 Å². The number of nitrogens with two attached hydrogens (primary N) is 1. The molecule has 0 fully saturated rings. The average Bonchev–Trinajstić information content (AvgIpc) is 2.34. The van der Waals surface area contributed by atoms with E-state index in [9.17, 15) is 9.36 Å². The van der Waals surface area contributed by atoms with Gasteiger partial charge in [0.2, 0.25) is 0 Å². The molecular weight excluding hydrogens is 287 g/mol. The van der Waals surface area contributed by atoms with E-state index in [1.54, 1.807) is 13.8 Å². The fourth-order valence-electron chi connectivity index (χ4n) is 1.56. The summed E-state index contributed by atoms with van der Waals surface area (Å²) in [5.74, 6) is 5.17. The van der Waals surface area contributed by atoms with Gasteiger partial charge in [-0.1, -0.05) is 6.92 Å². The molecule has 0 bridgehead atoms. The maximum Gasteiger partial charge on any atom is 0.695 e. The molecule has 0 aliphatic rings. The van der Waals surface area contributed by atoms with Crippen molar-refractivity contribution in [1.29, 1.82) is 0 Å². The lowest BCUT2D eigenvalue weighted by atomic mass is 9.98. The van der Waals surface area contributed by atoms with Crippen LogP contribution in [0.3, 0.4) is 0 Å². The van der Waals surface area contributed by atoms with Crippen LogP contribution in [-0.4, -0.2) is 35.8 Å². The normalized spacial score (nSPS) is 13.8. The number of amides is 1. The third kappa shape index (κ3) is 8.39. The monoisotopic (exact) mass is 311 g/mol. The second kappa shape index (κ2) is 10.0. The third-order valence-electron chi connectivity index (χ3n) is 2.60. The first-order valence-corrected chi connectivity index (χ1v) is 7.58. The molecule has 1 amide bonds. The molecule has 0 radical (unpaired) electrons. The van der Waals surface area contributed by atoms with Crippen LogP contribution in [0.2, 0.25) is 0 Å². The number of ether oxygens (including phenoxy) is 1. The molecule has 0 aromatic heterocycles. The van der Waals surface area contributed by atoms with Gasteiger partial charge in [-0.15, -0.1) is 9.42 Å². The van der Waals surface area contributed by atoms with E-state index in [0.29, 0.717) is 26.0 Å². The minimum Gasteiger partial charge on any atom is -0.450 e. The summed E-state index contributed by atoms with van der Waals surface area (Å²) in [4.78, 5) is 24.7. The van der Waals surface area contributed by atoms with Gasteiger partial charge in [-0.2, -0.15) is 0 Å². The molecule has 0 aromatic carbocycles. The highest BCUT2D eigenvalue weighted by Crippen LogP contribution is 2.30. The van der Waals surface area contributed by atoms with E-state index in [2.05, 4.69) is 5.32 Å². The predicted molar refractivity (Wildman–Crippen MR) is 72.9 cm³/mol. The van der Waals surface area contributed by atoms with E-state index in [1.807, 2.05) is 6.92 Å². The molecule has 4 N–H and O–H groups in total. The summed E-state index contributed by atoms with van der Waals surface area (Å²) in [7, 11) is -2.74. The highest BCUT2D eigenvalue weighted by atomic mass is 31.1. The number of rotatable bonds is 10. The molecule has 0 heterocycles. The maximum atomic E-state index is 11.2. The minimum absolute atomic E-state index is 0.380. The number of alkyl carbamates (subject to hydrolysis) is 1. The fourth-order valence-corrected chi connectivity index (χ4v) is 2.08. The van der Waals surface area contributed by atoms with Gasteiger partial charge in [-0.05, 0) is 33.1 Å². The van der Waals surface area contributed by atoms with Crippen LogP contribution >= 0.6 is 8.25 Å². The van der Waals surface area contributed by atoms with Crippen molar-refractivity contribution in [3.8, 4) is 0 Å². The van der Waals surface area contributed by atoms with Crippen LogP contribution in [0.5, 0.6) is 0 Å². The van der Waals surface area contributed by atoms with Gasteiger partial charge < -0.3 is 10.1 Å². The van der Waals surface area contributed by atoms with Crippen LogP contribution in [-0.2, 0) is 18.7 Å². The van der Waals surface area contributed by atoms with E-state index in [-0.39, 0.29) is 0 Å². The first-order chi connectivity index (χ1) is 9.33. The van der Waals surface area contributed by atoms with Crippen LogP contribution < -0.4 is 11.2 Å². The summed E-state index contributed by atoms with van der Waals surface area (Å²) in [6.07, 6.45) is 0.758. The average molecular weight is 311 g/mol. The van der Waals surface area contributed by atoms with Gasteiger partial charge in [0.25, 0.3) is 0 Å². The lowest BCUT2D eigenvalue weighted by Gasteiger charge is -2.26. The summed E-state index contributed by atoms with van der Waals surface area (Å²) < 4.78 is 20.4. The van der Waals surface area contributed by atoms with Gasteiger partial charge in [0, 0.05) is 11.1 Å². The van der Waals surface area contributed by atoms with Crippen LogP contribution in [0, 0.1) is 0 Å². The van der Waals surface area contributed by atoms with Crippen LogP contribution in [0.4, 0.5) is 4.79 Å². The zero-order valence-corrected chi connectivity index (χ0v) is 13.0. The zero-order valence-electron chi connectivity index (χ0n) is 12.1. The van der Waals surface area contributed by atoms with Gasteiger partial charge >= 0.3 is 14.3 Å². The summed E-state index contributed by atoms with van der Waals surface area (Å²) in [6.45, 7) is 5.90. The Balaban J connectivity index is 4.01. The van der Waals surface area contributed by atoms with Crippen LogP contribution in [0.15, 0.2) is 0 Å². The Labute approximate surface area is 119 Å². The van der Waals surface area contributed by atoms with Crippen molar-refractivity contribution in [3.63, 3.8) is 0 Å². The minimum atomic E-state index is -2.74. The maximum absolute atomic E-state index is 11.2. The van der Waals surface area contributed by atoms with Crippen LogP contribution in [0.1, 0.15) is 40.0 Å². The Morgan fingerprint density at radius 2 is 2.15 bits per heavy atom. The van der Waals surface area contributed by atoms with E-state index >= 15 is 0 Å². The highest BCUT2D eigenvalue weighted by Gasteiger charge is 2.39. The predicted octanol–water partition coefficient (Wildman–Crippen LogP) is 1.61. The zero-order chi connectivity index (χ0) is 15.6. The molecule has 0 saturated carbocycles. The third-order valence-corrected chi connectivity index (χ3v) is 3.23. The lowest BCUT2D eigenvalue weighted by Crippen LogP contribution is -2.41. The van der Waals surface area contributed by atoms with Crippen molar-refractivity contribution in [2.75, 3.05) is 13.2 Å². The Hall–Kier alpha value is -0.790. The molecule has 8 nitrogen and oxygen atoms in total. The van der Waals surface area contributed by atoms with Gasteiger partial charge in [-0.3, -0.25) is 4.84 Å². The summed E-state index contributed by atoms with van der Waals surface area (Å²) in [6, 6.07) is 0. The molecule has 0 rings (SSSR count). The Bertz CT molecular complexity index is 313. The first-order valence-electron chi connectivity index (χ1n) is 6.45. The number of nitrogens with one attached hydrogen (secondary N) is 1. The molecule has 0 aliphatic carbocycles. The molecular formula is C11H24N2O6P+. The van der Waals surface area contributed by atoms with E-state index in [4.69, 9.17) is 24.9 Å². The number of hydrogen-bond donors (Lipinski definition) is 3. The Morgan fingerprint density at radius 3 is 2.65 bits per heavy atom. The summed E-state index contributed by atoms with van der Waals surface area (Å²) in [5, 5.41) is 2.58. The van der Waals surface area contributed by atoms with Gasteiger partial charge in [0.05, 0.1) is 6.61 Å². The molecule has 118 valence electrons. The molecule has 0 aromatic rings. The van der Waals surface area contributed by atoms with E-state index < -0.39 is 26.1 Å². The van der Waals surface area contributed by atoms with Crippen molar-refractivity contribution >= 4 is 14.3 Å². The molecule has 0 spiro atoms. The SMILES string of the molecule is CCCOC(=O)NCCCC(ON)C(C)(C)O[P+](=O)O. The summed E-state index contributed by atoms with van der Waals surface area (Å²) in [5.41, 5.74) is -1.00. The van der Waals surface area contributed by atoms with Crippen molar-refractivity contribution in [1.82, 2.24) is 5.32 Å². The van der Waals surface area contributed by atoms with E-state index in [1.165, 1.54) is 0 Å². The first kappa shape index (κ1) is 19.2. The second-order valence-corrected chi connectivity index (χ2v) is 5.42. The quantitative estimate of drug-likeness (QED) is 0.318. The van der Waals surface area contributed by atoms with Gasteiger partial charge in [0.15, 0.2) is 0 Å². The number of carbonyl (C=O) groups excluding carboxylic acids is 1. The highest BCUT2D eigenvalue weighted by molar-refractivity contribution is 7.32. The van der Waals surface area contributed by atoms with E-state index in [0.717, 1.165) is 6.42 Å². The molecule has 2 atom stereocenters. The van der Waals surface area contributed by atoms with Crippen molar-refractivity contribution in [2.45, 2.75) is 51.7 Å².